The van der Waals surface area contributed by atoms with Gasteiger partial charge in [-0.25, -0.2) is 9.37 Å². The number of hydrogen-bond donors (Lipinski definition) is 2. The lowest BCUT2D eigenvalue weighted by molar-refractivity contribution is -0.0330. The maximum absolute atomic E-state index is 14.7. The molecule has 41 heavy (non-hydrogen) atoms. The van der Waals surface area contributed by atoms with E-state index in [1.165, 1.54) is 17.7 Å². The number of methoxy groups -OCH3 is 1. The van der Waals surface area contributed by atoms with Crippen LogP contribution in [0.1, 0.15) is 28.9 Å². The van der Waals surface area contributed by atoms with Gasteiger partial charge in [-0.1, -0.05) is 5.92 Å². The maximum atomic E-state index is 14.7. The van der Waals surface area contributed by atoms with Gasteiger partial charge in [0.25, 0.3) is 5.91 Å². The number of carbonyl (C=O) groups is 1. The molecule has 4 heterocycles. The number of piperidine rings is 1. The summed E-state index contributed by atoms with van der Waals surface area (Å²) in [4.78, 5) is 20.7. The van der Waals surface area contributed by atoms with Gasteiger partial charge < -0.3 is 25.2 Å². The second-order valence-corrected chi connectivity index (χ2v) is 11.0. The van der Waals surface area contributed by atoms with Crippen molar-refractivity contribution in [2.45, 2.75) is 35.6 Å². The van der Waals surface area contributed by atoms with E-state index in [1.807, 2.05) is 11.9 Å². The Kier molecular flexibility index (Phi) is 8.51. The highest BCUT2D eigenvalue weighted by atomic mass is 32.2. The number of likely N-dealkylation sites (tertiary alicyclic amines) is 2. The molecule has 1 aromatic carbocycles. The molecule has 2 aliphatic heterocycles. The summed E-state index contributed by atoms with van der Waals surface area (Å²) in [7, 11) is 3.35. The van der Waals surface area contributed by atoms with Gasteiger partial charge in [-0.15, -0.1) is 0 Å². The Bertz CT molecular complexity index is 1480. The smallest absolute Gasteiger partial charge is 0.447 e. The molecule has 3 aromatic rings. The van der Waals surface area contributed by atoms with Crippen molar-refractivity contribution in [3.63, 3.8) is 0 Å². The molecule has 8 nitrogen and oxygen atoms in total. The van der Waals surface area contributed by atoms with Crippen LogP contribution in [0.15, 0.2) is 41.6 Å². The number of anilines is 2. The quantitative estimate of drug-likeness (QED) is 0.235. The zero-order chi connectivity index (χ0) is 29.1. The molecule has 218 valence electrons. The third kappa shape index (κ3) is 6.65. The largest absolute Gasteiger partial charge is 0.495 e. The van der Waals surface area contributed by atoms with Crippen LogP contribution in [0.4, 0.5) is 28.9 Å². The molecule has 2 saturated heterocycles. The summed E-state index contributed by atoms with van der Waals surface area (Å²) in [5.74, 6) is 6.03. The van der Waals surface area contributed by atoms with Crippen LogP contribution in [0.25, 0.3) is 5.65 Å². The van der Waals surface area contributed by atoms with Gasteiger partial charge in [0.2, 0.25) is 0 Å². The zero-order valence-corrected chi connectivity index (χ0v) is 23.4. The van der Waals surface area contributed by atoms with Crippen LogP contribution in [0.2, 0.25) is 0 Å². The van der Waals surface area contributed by atoms with Crippen molar-refractivity contribution >= 4 is 34.7 Å². The average molecular weight is 591 g/mol. The van der Waals surface area contributed by atoms with Crippen LogP contribution < -0.4 is 15.4 Å². The first-order chi connectivity index (χ1) is 19.6. The number of alkyl halides is 4. The fourth-order valence-electron chi connectivity index (χ4n) is 4.81. The van der Waals surface area contributed by atoms with Crippen LogP contribution in [0.5, 0.6) is 5.75 Å². The summed E-state index contributed by atoms with van der Waals surface area (Å²) in [6.45, 7) is 2.48. The van der Waals surface area contributed by atoms with Gasteiger partial charge in [0.05, 0.1) is 31.1 Å². The van der Waals surface area contributed by atoms with Crippen LogP contribution in [-0.2, 0) is 0 Å². The van der Waals surface area contributed by atoms with E-state index in [4.69, 9.17) is 4.74 Å². The Morgan fingerprint density at radius 3 is 2.71 bits per heavy atom. The number of aromatic nitrogens is 2. The molecule has 2 fully saturated rings. The summed E-state index contributed by atoms with van der Waals surface area (Å²) < 4.78 is 61.9. The molecule has 0 radical (unpaired) electrons. The highest BCUT2D eigenvalue weighted by Crippen LogP contribution is 2.39. The van der Waals surface area contributed by atoms with E-state index in [0.717, 1.165) is 19.5 Å². The molecular formula is C28H30F4N6O2S. The summed E-state index contributed by atoms with van der Waals surface area (Å²) in [5.41, 5.74) is -2.89. The Morgan fingerprint density at radius 2 is 2.02 bits per heavy atom. The lowest BCUT2D eigenvalue weighted by Crippen LogP contribution is -2.46. The molecule has 0 bridgehead atoms. The highest BCUT2D eigenvalue weighted by molar-refractivity contribution is 8.00. The Balaban J connectivity index is 1.39. The Labute approximate surface area is 239 Å². The van der Waals surface area contributed by atoms with Gasteiger partial charge in [-0.05, 0) is 56.1 Å². The molecule has 1 amide bonds. The highest BCUT2D eigenvalue weighted by Gasteiger charge is 2.34. The lowest BCUT2D eigenvalue weighted by Gasteiger charge is -2.33. The van der Waals surface area contributed by atoms with Crippen LogP contribution >= 0.6 is 11.8 Å². The number of pyridine rings is 1. The third-order valence-corrected chi connectivity index (χ3v) is 7.88. The van der Waals surface area contributed by atoms with Crippen molar-refractivity contribution in [1.29, 1.82) is 0 Å². The third-order valence-electron chi connectivity index (χ3n) is 7.07. The number of ether oxygens (including phenoxy) is 1. The molecule has 2 N–H and O–H groups in total. The average Bonchev–Trinajstić information content (AvgIpc) is 3.23. The predicted molar refractivity (Wildman–Crippen MR) is 150 cm³/mol. The number of halogens is 4. The second kappa shape index (κ2) is 12.1. The normalized spacial score (nSPS) is 19.3. The van der Waals surface area contributed by atoms with Crippen molar-refractivity contribution in [2.75, 3.05) is 57.5 Å². The topological polar surface area (TPSA) is 74.1 Å². The molecule has 5 rings (SSSR count). The zero-order valence-electron chi connectivity index (χ0n) is 22.6. The van der Waals surface area contributed by atoms with E-state index in [9.17, 15) is 22.4 Å². The summed E-state index contributed by atoms with van der Waals surface area (Å²) >= 11 is -0.298. The summed E-state index contributed by atoms with van der Waals surface area (Å²) in [6, 6.07) is 7.84. The summed E-state index contributed by atoms with van der Waals surface area (Å²) in [5, 5.41) is 6.06. The predicted octanol–water partition coefficient (Wildman–Crippen LogP) is 4.72. The van der Waals surface area contributed by atoms with Gasteiger partial charge in [0.1, 0.15) is 22.6 Å². The molecular weight excluding hydrogens is 560 g/mol. The first kappa shape index (κ1) is 28.9. The van der Waals surface area contributed by atoms with Crippen molar-refractivity contribution in [2.24, 2.45) is 0 Å². The molecule has 0 saturated carbocycles. The standard InChI is InChI=1S/C28H30F4N6O2S/c1-36-15-10-20(19(29)17-36)34-21-7-4-14-38-25(21)35-22(27(38)41-28(30,31)32)6-3-11-33-23-16-18(8-9-24(23)40-2)26(39)37-12-5-13-37/h4,7-9,14,16,19-20,33-34H,5,10-13,15,17H2,1-2H3/t19-,20+/m0/s1. The minimum absolute atomic E-state index is 0.0442. The number of nitrogens with zero attached hydrogens (tertiary/aromatic N) is 4. The fraction of sp³-hybridized carbons (Fsp3) is 0.429. The van der Waals surface area contributed by atoms with Crippen LogP contribution in [-0.4, -0.2) is 89.7 Å². The van der Waals surface area contributed by atoms with E-state index in [2.05, 4.69) is 27.5 Å². The Morgan fingerprint density at radius 1 is 1.22 bits per heavy atom. The van der Waals surface area contributed by atoms with E-state index in [-0.39, 0.29) is 47.1 Å². The monoisotopic (exact) mass is 590 g/mol. The number of hydrogen-bond acceptors (Lipinski definition) is 7. The van der Waals surface area contributed by atoms with Crippen molar-refractivity contribution in [3.8, 4) is 17.6 Å². The van der Waals surface area contributed by atoms with Crippen molar-refractivity contribution in [1.82, 2.24) is 19.2 Å². The van der Waals surface area contributed by atoms with E-state index in [1.54, 1.807) is 35.2 Å². The summed E-state index contributed by atoms with van der Waals surface area (Å²) in [6.07, 6.45) is 1.88. The molecule has 2 aliphatic rings. The number of benzene rings is 1. The van der Waals surface area contributed by atoms with E-state index in [0.29, 0.717) is 35.7 Å². The minimum atomic E-state index is -4.57. The lowest BCUT2D eigenvalue weighted by atomic mass is 10.0. The van der Waals surface area contributed by atoms with Crippen molar-refractivity contribution < 1.29 is 27.1 Å². The molecule has 2 atom stereocenters. The van der Waals surface area contributed by atoms with E-state index < -0.39 is 17.7 Å². The molecule has 13 heteroatoms. The van der Waals surface area contributed by atoms with Gasteiger partial charge in [-0.3, -0.25) is 9.20 Å². The minimum Gasteiger partial charge on any atom is -0.495 e. The van der Waals surface area contributed by atoms with Gasteiger partial charge in [0.15, 0.2) is 5.65 Å². The first-order valence-electron chi connectivity index (χ1n) is 13.2. The number of fused-ring (bicyclic) bond motifs is 1. The number of thioether (sulfide) groups is 1. The van der Waals surface area contributed by atoms with Gasteiger partial charge in [0, 0.05) is 49.7 Å². The second-order valence-electron chi connectivity index (χ2n) is 9.96. The fourth-order valence-corrected chi connectivity index (χ4v) is 5.47. The van der Waals surface area contributed by atoms with Crippen LogP contribution in [0.3, 0.4) is 0 Å². The molecule has 0 spiro atoms. The van der Waals surface area contributed by atoms with Crippen molar-refractivity contribution in [3.05, 3.63) is 47.8 Å². The molecule has 0 unspecified atom stereocenters. The number of amides is 1. The van der Waals surface area contributed by atoms with Gasteiger partial charge >= 0.3 is 5.51 Å². The maximum Gasteiger partial charge on any atom is 0.447 e. The first-order valence-corrected chi connectivity index (χ1v) is 14.0. The Hall–Kier alpha value is -3.63. The SMILES string of the molecule is COc1ccc(C(=O)N2CCC2)cc1NCC#Cc1nc2c(N[C@@H]3CCN(C)C[C@@H]3F)cccn2c1SC(F)(F)F. The number of imidazole rings is 1. The van der Waals surface area contributed by atoms with Crippen LogP contribution in [0, 0.1) is 11.8 Å². The van der Waals surface area contributed by atoms with Gasteiger partial charge in [-0.2, -0.15) is 13.2 Å². The van der Waals surface area contributed by atoms with E-state index >= 15 is 0 Å². The molecule has 2 aromatic heterocycles. The number of rotatable bonds is 7. The number of nitrogens with one attached hydrogen (secondary N) is 2. The number of carbonyl (C=O) groups excluding carboxylic acids is 1. The molecule has 0 aliphatic carbocycles.